The van der Waals surface area contributed by atoms with Gasteiger partial charge in [0.15, 0.2) is 0 Å². The Balaban J connectivity index is 2.58. The fourth-order valence-corrected chi connectivity index (χ4v) is 1.76. The number of hydrogen-bond donors (Lipinski definition) is 1. The standard InChI is InChI=1S/C13H20BrNO/c1-3-5-8-16-12-6-7-13(14)11(9-12)10-15-4-2/h6-7,9,15H,3-5,8,10H2,1-2H3. The summed E-state index contributed by atoms with van der Waals surface area (Å²) < 4.78 is 6.81. The maximum atomic E-state index is 5.67. The van der Waals surface area contributed by atoms with E-state index in [0.29, 0.717) is 0 Å². The lowest BCUT2D eigenvalue weighted by Crippen LogP contribution is -2.12. The van der Waals surface area contributed by atoms with E-state index in [1.807, 2.05) is 12.1 Å². The van der Waals surface area contributed by atoms with Gasteiger partial charge in [-0.3, -0.25) is 0 Å². The Labute approximate surface area is 107 Å². The number of hydrogen-bond acceptors (Lipinski definition) is 2. The van der Waals surface area contributed by atoms with E-state index in [0.717, 1.165) is 36.3 Å². The summed E-state index contributed by atoms with van der Waals surface area (Å²) in [5, 5.41) is 3.31. The van der Waals surface area contributed by atoms with Crippen LogP contribution in [-0.2, 0) is 6.54 Å². The van der Waals surface area contributed by atoms with Crippen molar-refractivity contribution in [3.05, 3.63) is 28.2 Å². The molecule has 0 unspecified atom stereocenters. The summed E-state index contributed by atoms with van der Waals surface area (Å²) in [7, 11) is 0. The number of ether oxygens (including phenoxy) is 1. The number of nitrogens with one attached hydrogen (secondary N) is 1. The molecule has 1 aromatic carbocycles. The van der Waals surface area contributed by atoms with Gasteiger partial charge in [0.2, 0.25) is 0 Å². The van der Waals surface area contributed by atoms with Crippen molar-refractivity contribution in [1.82, 2.24) is 5.32 Å². The van der Waals surface area contributed by atoms with Gasteiger partial charge in [0.1, 0.15) is 5.75 Å². The molecule has 1 rings (SSSR count). The van der Waals surface area contributed by atoms with E-state index < -0.39 is 0 Å². The third kappa shape index (κ3) is 4.54. The van der Waals surface area contributed by atoms with Gasteiger partial charge in [-0.1, -0.05) is 36.2 Å². The van der Waals surface area contributed by atoms with Gasteiger partial charge in [0.25, 0.3) is 0 Å². The lowest BCUT2D eigenvalue weighted by atomic mass is 10.2. The van der Waals surface area contributed by atoms with Gasteiger partial charge in [-0.15, -0.1) is 0 Å². The first kappa shape index (κ1) is 13.5. The molecule has 0 aromatic heterocycles. The highest BCUT2D eigenvalue weighted by atomic mass is 79.9. The monoisotopic (exact) mass is 285 g/mol. The lowest BCUT2D eigenvalue weighted by molar-refractivity contribution is 0.309. The van der Waals surface area contributed by atoms with Crippen LogP contribution in [0.3, 0.4) is 0 Å². The summed E-state index contributed by atoms with van der Waals surface area (Å²) in [5.41, 5.74) is 1.25. The summed E-state index contributed by atoms with van der Waals surface area (Å²) in [5.74, 6) is 0.963. The minimum atomic E-state index is 0.804. The first-order valence-corrected chi connectivity index (χ1v) is 6.69. The van der Waals surface area contributed by atoms with E-state index in [1.165, 1.54) is 12.0 Å². The van der Waals surface area contributed by atoms with Crippen LogP contribution in [0, 0.1) is 0 Å². The highest BCUT2D eigenvalue weighted by Gasteiger charge is 2.01. The van der Waals surface area contributed by atoms with Gasteiger partial charge in [-0.25, -0.2) is 0 Å². The van der Waals surface area contributed by atoms with Crippen molar-refractivity contribution >= 4 is 15.9 Å². The Bertz CT molecular complexity index is 315. The molecule has 0 aliphatic rings. The predicted molar refractivity (Wildman–Crippen MR) is 71.9 cm³/mol. The van der Waals surface area contributed by atoms with Gasteiger partial charge in [0.05, 0.1) is 6.61 Å². The van der Waals surface area contributed by atoms with Crippen LogP contribution in [0.15, 0.2) is 22.7 Å². The van der Waals surface area contributed by atoms with Gasteiger partial charge in [-0.2, -0.15) is 0 Å². The van der Waals surface area contributed by atoms with Crippen LogP contribution in [0.2, 0.25) is 0 Å². The Kier molecular flexibility index (Phi) is 6.50. The second kappa shape index (κ2) is 7.69. The molecule has 0 radical (unpaired) electrons. The van der Waals surface area contributed by atoms with Crippen molar-refractivity contribution in [2.75, 3.05) is 13.2 Å². The average molecular weight is 286 g/mol. The zero-order valence-electron chi connectivity index (χ0n) is 10.1. The molecule has 0 aliphatic heterocycles. The van der Waals surface area contributed by atoms with Crippen LogP contribution >= 0.6 is 15.9 Å². The molecule has 0 spiro atoms. The van der Waals surface area contributed by atoms with Gasteiger partial charge in [-0.05, 0) is 36.7 Å². The number of rotatable bonds is 7. The van der Waals surface area contributed by atoms with Gasteiger partial charge >= 0.3 is 0 Å². The molecular weight excluding hydrogens is 266 g/mol. The number of unbranched alkanes of at least 4 members (excludes halogenated alkanes) is 1. The first-order valence-electron chi connectivity index (χ1n) is 5.89. The molecule has 0 fully saturated rings. The third-order valence-electron chi connectivity index (χ3n) is 2.35. The quantitative estimate of drug-likeness (QED) is 0.771. The number of benzene rings is 1. The van der Waals surface area contributed by atoms with E-state index in [-0.39, 0.29) is 0 Å². The predicted octanol–water partition coefficient (Wildman–Crippen LogP) is 3.74. The Morgan fingerprint density at radius 2 is 2.12 bits per heavy atom. The molecule has 90 valence electrons. The summed E-state index contributed by atoms with van der Waals surface area (Å²) in [6.07, 6.45) is 2.28. The smallest absolute Gasteiger partial charge is 0.119 e. The molecule has 3 heteroatoms. The highest BCUT2D eigenvalue weighted by Crippen LogP contribution is 2.22. The van der Waals surface area contributed by atoms with Gasteiger partial charge in [0, 0.05) is 11.0 Å². The van der Waals surface area contributed by atoms with Crippen molar-refractivity contribution in [2.24, 2.45) is 0 Å². The SMILES string of the molecule is CCCCOc1ccc(Br)c(CNCC)c1. The minimum absolute atomic E-state index is 0.804. The minimum Gasteiger partial charge on any atom is -0.494 e. The molecule has 2 nitrogen and oxygen atoms in total. The van der Waals surface area contributed by atoms with Crippen LogP contribution in [0.1, 0.15) is 32.3 Å². The van der Waals surface area contributed by atoms with E-state index in [2.05, 4.69) is 41.2 Å². The maximum absolute atomic E-state index is 5.67. The molecular formula is C13H20BrNO. The highest BCUT2D eigenvalue weighted by molar-refractivity contribution is 9.10. The summed E-state index contributed by atoms with van der Waals surface area (Å²) in [4.78, 5) is 0. The Morgan fingerprint density at radius 3 is 2.81 bits per heavy atom. The molecule has 1 N–H and O–H groups in total. The molecule has 0 heterocycles. The largest absolute Gasteiger partial charge is 0.494 e. The zero-order valence-corrected chi connectivity index (χ0v) is 11.6. The second-order valence-corrected chi connectivity index (χ2v) is 4.59. The van der Waals surface area contributed by atoms with E-state index >= 15 is 0 Å². The van der Waals surface area contributed by atoms with Crippen LogP contribution < -0.4 is 10.1 Å². The van der Waals surface area contributed by atoms with Crippen LogP contribution in [0.5, 0.6) is 5.75 Å². The average Bonchev–Trinajstić information content (AvgIpc) is 2.30. The summed E-state index contributed by atoms with van der Waals surface area (Å²) >= 11 is 3.55. The fraction of sp³-hybridized carbons (Fsp3) is 0.538. The summed E-state index contributed by atoms with van der Waals surface area (Å²) in [6, 6.07) is 6.16. The van der Waals surface area contributed by atoms with E-state index in [4.69, 9.17) is 4.74 Å². The van der Waals surface area contributed by atoms with Crippen LogP contribution in [0.4, 0.5) is 0 Å². The van der Waals surface area contributed by atoms with E-state index in [1.54, 1.807) is 0 Å². The van der Waals surface area contributed by atoms with E-state index in [9.17, 15) is 0 Å². The van der Waals surface area contributed by atoms with Crippen molar-refractivity contribution in [3.8, 4) is 5.75 Å². The van der Waals surface area contributed by atoms with Crippen molar-refractivity contribution in [1.29, 1.82) is 0 Å². The van der Waals surface area contributed by atoms with Gasteiger partial charge < -0.3 is 10.1 Å². The molecule has 0 amide bonds. The first-order chi connectivity index (χ1) is 7.77. The molecule has 0 atom stereocenters. The molecule has 0 aliphatic carbocycles. The Morgan fingerprint density at radius 1 is 1.31 bits per heavy atom. The van der Waals surface area contributed by atoms with Crippen molar-refractivity contribution in [3.63, 3.8) is 0 Å². The molecule has 0 bridgehead atoms. The lowest BCUT2D eigenvalue weighted by Gasteiger charge is -2.09. The van der Waals surface area contributed by atoms with Crippen LogP contribution in [-0.4, -0.2) is 13.2 Å². The topological polar surface area (TPSA) is 21.3 Å². The maximum Gasteiger partial charge on any atom is 0.119 e. The molecule has 0 saturated carbocycles. The molecule has 0 saturated heterocycles. The summed E-state index contributed by atoms with van der Waals surface area (Å²) in [6.45, 7) is 6.94. The second-order valence-electron chi connectivity index (χ2n) is 3.74. The normalized spacial score (nSPS) is 10.4. The number of halogens is 1. The molecule has 16 heavy (non-hydrogen) atoms. The van der Waals surface area contributed by atoms with Crippen LogP contribution in [0.25, 0.3) is 0 Å². The van der Waals surface area contributed by atoms with Crippen molar-refractivity contribution in [2.45, 2.75) is 33.2 Å². The zero-order chi connectivity index (χ0) is 11.8. The Hall–Kier alpha value is -0.540. The molecule has 1 aromatic rings. The third-order valence-corrected chi connectivity index (χ3v) is 3.12. The fourth-order valence-electron chi connectivity index (χ4n) is 1.37. The van der Waals surface area contributed by atoms with Crippen molar-refractivity contribution < 1.29 is 4.74 Å².